The highest BCUT2D eigenvalue weighted by molar-refractivity contribution is 14.0. The largest absolute Gasteiger partial charge is 0.386 e. The van der Waals surface area contributed by atoms with Crippen LogP contribution in [-0.4, -0.2) is 43.9 Å². The Morgan fingerprint density at radius 3 is 2.91 bits per heavy atom. The fourth-order valence-corrected chi connectivity index (χ4v) is 3.25. The normalized spacial score (nSPS) is 20.1. The van der Waals surface area contributed by atoms with Crippen molar-refractivity contribution in [3.63, 3.8) is 0 Å². The molecule has 1 aromatic heterocycles. The van der Waals surface area contributed by atoms with E-state index in [0.29, 0.717) is 16.8 Å². The van der Waals surface area contributed by atoms with E-state index in [9.17, 15) is 5.11 Å². The number of nitrogens with zero attached hydrogens (tertiary/aromatic N) is 1. The van der Waals surface area contributed by atoms with Gasteiger partial charge >= 0.3 is 0 Å². The van der Waals surface area contributed by atoms with Gasteiger partial charge in [0, 0.05) is 31.6 Å². The number of nitrogens with one attached hydrogen (secondary N) is 2. The van der Waals surface area contributed by atoms with E-state index in [0.717, 1.165) is 30.9 Å². The van der Waals surface area contributed by atoms with Crippen LogP contribution in [0, 0.1) is 0 Å². The van der Waals surface area contributed by atoms with Crippen LogP contribution in [0.25, 0.3) is 0 Å². The molecule has 22 heavy (non-hydrogen) atoms. The van der Waals surface area contributed by atoms with Gasteiger partial charge in [0.05, 0.1) is 10.4 Å². The van der Waals surface area contributed by atoms with E-state index in [4.69, 9.17) is 16.3 Å². The van der Waals surface area contributed by atoms with Gasteiger partial charge in [0.15, 0.2) is 5.96 Å². The molecule has 2 rings (SSSR count). The van der Waals surface area contributed by atoms with E-state index >= 15 is 0 Å². The third-order valence-corrected chi connectivity index (χ3v) is 4.71. The summed E-state index contributed by atoms with van der Waals surface area (Å²) in [6.45, 7) is 1.97. The Morgan fingerprint density at radius 1 is 1.50 bits per heavy atom. The minimum Gasteiger partial charge on any atom is -0.386 e. The van der Waals surface area contributed by atoms with E-state index in [1.807, 2.05) is 6.07 Å². The van der Waals surface area contributed by atoms with Crippen molar-refractivity contribution < 1.29 is 9.84 Å². The fourth-order valence-electron chi connectivity index (χ4n) is 2.20. The molecule has 1 aliphatic rings. The van der Waals surface area contributed by atoms with E-state index in [2.05, 4.69) is 15.6 Å². The van der Waals surface area contributed by atoms with Crippen LogP contribution in [0.4, 0.5) is 0 Å². The average Bonchev–Trinajstić information content (AvgIpc) is 2.95. The first-order chi connectivity index (χ1) is 10.2. The van der Waals surface area contributed by atoms with Crippen molar-refractivity contribution in [2.45, 2.75) is 31.5 Å². The molecule has 1 saturated heterocycles. The van der Waals surface area contributed by atoms with Crippen LogP contribution in [0.1, 0.15) is 30.2 Å². The first kappa shape index (κ1) is 20.0. The molecule has 3 N–H and O–H groups in total. The van der Waals surface area contributed by atoms with Crippen LogP contribution in [0.5, 0.6) is 0 Å². The monoisotopic (exact) mass is 459 g/mol. The summed E-state index contributed by atoms with van der Waals surface area (Å²) in [6.07, 6.45) is 3.11. The Labute approximate surface area is 157 Å². The highest BCUT2D eigenvalue weighted by Crippen LogP contribution is 2.26. The molecule has 126 valence electrons. The Balaban J connectivity index is 0.00000242. The molecule has 1 aliphatic heterocycles. The molecular formula is C14H23ClIN3O2S. The molecule has 2 unspecified atom stereocenters. The SMILES string of the molecule is CN=C(NCC1CCCCO1)NCC(O)c1ccc(Cl)s1.I. The van der Waals surface area contributed by atoms with Crippen molar-refractivity contribution in [3.05, 3.63) is 21.3 Å². The molecule has 2 heterocycles. The molecule has 0 radical (unpaired) electrons. The number of rotatable bonds is 5. The number of guanidine groups is 1. The molecule has 0 amide bonds. The van der Waals surface area contributed by atoms with Gasteiger partial charge in [-0.15, -0.1) is 35.3 Å². The molecule has 1 fully saturated rings. The smallest absolute Gasteiger partial charge is 0.191 e. The summed E-state index contributed by atoms with van der Waals surface area (Å²) >= 11 is 7.25. The number of thiophene rings is 1. The quantitative estimate of drug-likeness (QED) is 0.360. The molecule has 2 atom stereocenters. The fraction of sp³-hybridized carbons (Fsp3) is 0.643. The summed E-state index contributed by atoms with van der Waals surface area (Å²) in [4.78, 5) is 4.99. The Hall–Kier alpha value is -0.0900. The van der Waals surface area contributed by atoms with Gasteiger partial charge in [-0.1, -0.05) is 11.6 Å². The standard InChI is InChI=1S/C14H22ClN3O2S.HI/c1-16-14(17-8-10-4-2-3-7-20-10)18-9-11(19)12-5-6-13(15)21-12;/h5-6,10-11,19H,2-4,7-9H2,1H3,(H2,16,17,18);1H. The van der Waals surface area contributed by atoms with Crippen molar-refractivity contribution in [3.8, 4) is 0 Å². The second kappa shape index (κ2) is 10.6. The second-order valence-corrected chi connectivity index (χ2v) is 6.73. The number of ether oxygens (including phenoxy) is 1. The lowest BCUT2D eigenvalue weighted by Crippen LogP contribution is -2.43. The number of halogens is 2. The highest BCUT2D eigenvalue weighted by atomic mass is 127. The van der Waals surface area contributed by atoms with Crippen LogP contribution < -0.4 is 10.6 Å². The molecule has 0 bridgehead atoms. The lowest BCUT2D eigenvalue weighted by Gasteiger charge is -2.24. The molecule has 5 nitrogen and oxygen atoms in total. The summed E-state index contributed by atoms with van der Waals surface area (Å²) in [6, 6.07) is 3.63. The molecular weight excluding hydrogens is 437 g/mol. The number of hydrogen-bond acceptors (Lipinski definition) is 4. The Morgan fingerprint density at radius 2 is 2.32 bits per heavy atom. The number of hydrogen-bond donors (Lipinski definition) is 3. The van der Waals surface area contributed by atoms with Crippen LogP contribution in [-0.2, 0) is 4.74 Å². The van der Waals surface area contributed by atoms with Crippen LogP contribution in [0.2, 0.25) is 4.34 Å². The van der Waals surface area contributed by atoms with E-state index < -0.39 is 6.10 Å². The predicted octanol–water partition coefficient (Wildman–Crippen LogP) is 2.79. The number of aliphatic hydroxyl groups excluding tert-OH is 1. The molecule has 8 heteroatoms. The summed E-state index contributed by atoms with van der Waals surface area (Å²) in [5, 5.41) is 16.4. The third kappa shape index (κ3) is 6.57. The van der Waals surface area contributed by atoms with Gasteiger partial charge in [0.25, 0.3) is 0 Å². The van der Waals surface area contributed by atoms with Crippen LogP contribution >= 0.6 is 46.9 Å². The van der Waals surface area contributed by atoms with Gasteiger partial charge in [-0.05, 0) is 31.4 Å². The molecule has 0 saturated carbocycles. The van der Waals surface area contributed by atoms with Gasteiger partial charge in [0.1, 0.15) is 6.10 Å². The van der Waals surface area contributed by atoms with E-state index in [-0.39, 0.29) is 30.1 Å². The zero-order valence-corrected chi connectivity index (χ0v) is 16.5. The Bertz CT molecular complexity index is 467. The van der Waals surface area contributed by atoms with E-state index in [1.54, 1.807) is 13.1 Å². The number of aliphatic imine (C=N–C) groups is 1. The highest BCUT2D eigenvalue weighted by Gasteiger charge is 2.15. The summed E-state index contributed by atoms with van der Waals surface area (Å²) in [5.74, 6) is 0.672. The lowest BCUT2D eigenvalue weighted by molar-refractivity contribution is 0.0194. The molecule has 0 spiro atoms. The van der Waals surface area contributed by atoms with Crippen molar-refractivity contribution in [2.24, 2.45) is 4.99 Å². The van der Waals surface area contributed by atoms with Crippen molar-refractivity contribution in [1.82, 2.24) is 10.6 Å². The third-order valence-electron chi connectivity index (χ3n) is 3.38. The van der Waals surface area contributed by atoms with Crippen LogP contribution in [0.15, 0.2) is 17.1 Å². The number of aliphatic hydroxyl groups is 1. The summed E-state index contributed by atoms with van der Waals surface area (Å²) in [7, 11) is 1.71. The average molecular weight is 460 g/mol. The van der Waals surface area contributed by atoms with Crippen LogP contribution in [0.3, 0.4) is 0 Å². The first-order valence-electron chi connectivity index (χ1n) is 7.18. The molecule has 0 aromatic carbocycles. The Kier molecular flexibility index (Phi) is 9.65. The second-order valence-electron chi connectivity index (χ2n) is 4.98. The van der Waals surface area contributed by atoms with Gasteiger partial charge < -0.3 is 20.5 Å². The summed E-state index contributed by atoms with van der Waals surface area (Å²) in [5.41, 5.74) is 0. The molecule has 0 aliphatic carbocycles. The van der Waals surface area contributed by atoms with Gasteiger partial charge in [-0.2, -0.15) is 0 Å². The molecule has 1 aromatic rings. The minimum atomic E-state index is -0.591. The van der Waals surface area contributed by atoms with Crippen molar-refractivity contribution >= 4 is 52.9 Å². The maximum atomic E-state index is 10.1. The minimum absolute atomic E-state index is 0. The maximum absolute atomic E-state index is 10.1. The lowest BCUT2D eigenvalue weighted by atomic mass is 10.1. The topological polar surface area (TPSA) is 65.9 Å². The zero-order chi connectivity index (χ0) is 15.1. The summed E-state index contributed by atoms with van der Waals surface area (Å²) < 4.78 is 6.34. The van der Waals surface area contributed by atoms with Crippen molar-refractivity contribution in [2.75, 3.05) is 26.7 Å². The predicted molar refractivity (Wildman–Crippen MR) is 103 cm³/mol. The zero-order valence-electron chi connectivity index (χ0n) is 12.5. The van der Waals surface area contributed by atoms with Gasteiger partial charge in [0.2, 0.25) is 0 Å². The van der Waals surface area contributed by atoms with Gasteiger partial charge in [-0.3, -0.25) is 4.99 Å². The van der Waals surface area contributed by atoms with E-state index in [1.165, 1.54) is 17.8 Å². The maximum Gasteiger partial charge on any atom is 0.191 e. The van der Waals surface area contributed by atoms with Gasteiger partial charge in [-0.25, -0.2) is 0 Å². The first-order valence-corrected chi connectivity index (χ1v) is 8.38. The van der Waals surface area contributed by atoms with Crippen molar-refractivity contribution in [1.29, 1.82) is 0 Å².